The summed E-state index contributed by atoms with van der Waals surface area (Å²) in [5, 5.41) is 3.00. The highest BCUT2D eigenvalue weighted by molar-refractivity contribution is 5.85. The minimum Gasteiger partial charge on any atom is -0.348 e. The second-order valence-electron chi connectivity index (χ2n) is 5.95. The first-order valence-electron chi connectivity index (χ1n) is 7.94. The zero-order valence-corrected chi connectivity index (χ0v) is 13.9. The van der Waals surface area contributed by atoms with E-state index in [1.54, 1.807) is 12.1 Å². The summed E-state index contributed by atoms with van der Waals surface area (Å²) in [5.41, 5.74) is 6.47. The fourth-order valence-corrected chi connectivity index (χ4v) is 3.17. The molecule has 1 saturated carbocycles. The van der Waals surface area contributed by atoms with E-state index in [-0.39, 0.29) is 30.2 Å². The zero-order valence-electron chi connectivity index (χ0n) is 13.1. The smallest absolute Gasteiger partial charge is 0.237 e. The standard InChI is InChI=1S/C17H25FN2O.ClH/c1-2-7-15(19)17(21)20-16(12-8-3-4-9-12)13-10-5-6-11-14(13)18;/h5-6,10-12,15-16H,2-4,7-9,19H2,1H3,(H,20,21);1H. The number of rotatable bonds is 6. The van der Waals surface area contributed by atoms with Crippen LogP contribution in [-0.2, 0) is 4.79 Å². The number of nitrogens with two attached hydrogens (primary N) is 1. The van der Waals surface area contributed by atoms with Crippen LogP contribution in [0.3, 0.4) is 0 Å². The molecule has 1 amide bonds. The molecule has 1 aliphatic rings. The highest BCUT2D eigenvalue weighted by Gasteiger charge is 2.30. The van der Waals surface area contributed by atoms with Gasteiger partial charge in [0.05, 0.1) is 12.1 Å². The van der Waals surface area contributed by atoms with Gasteiger partial charge < -0.3 is 11.1 Å². The maximum absolute atomic E-state index is 14.1. The Balaban J connectivity index is 0.00000242. The second kappa shape index (κ2) is 9.11. The molecule has 3 nitrogen and oxygen atoms in total. The van der Waals surface area contributed by atoms with Crippen LogP contribution in [0.5, 0.6) is 0 Å². The van der Waals surface area contributed by atoms with Crippen LogP contribution in [0.25, 0.3) is 0 Å². The summed E-state index contributed by atoms with van der Waals surface area (Å²) >= 11 is 0. The molecule has 2 rings (SSSR count). The molecule has 1 aromatic rings. The van der Waals surface area contributed by atoms with E-state index in [1.165, 1.54) is 6.07 Å². The Labute approximate surface area is 138 Å². The quantitative estimate of drug-likeness (QED) is 0.836. The molecule has 5 heteroatoms. The highest BCUT2D eigenvalue weighted by atomic mass is 35.5. The van der Waals surface area contributed by atoms with Crippen LogP contribution in [0.1, 0.15) is 57.1 Å². The van der Waals surface area contributed by atoms with Crippen molar-refractivity contribution in [1.29, 1.82) is 0 Å². The molecule has 2 atom stereocenters. The molecule has 1 fully saturated rings. The van der Waals surface area contributed by atoms with Gasteiger partial charge in [-0.15, -0.1) is 12.4 Å². The average molecular weight is 329 g/mol. The van der Waals surface area contributed by atoms with Crippen molar-refractivity contribution in [1.82, 2.24) is 5.32 Å². The molecular formula is C17H26ClFN2O. The maximum atomic E-state index is 14.1. The summed E-state index contributed by atoms with van der Waals surface area (Å²) in [5.74, 6) is -0.115. The van der Waals surface area contributed by atoms with Crippen molar-refractivity contribution >= 4 is 18.3 Å². The van der Waals surface area contributed by atoms with Gasteiger partial charge >= 0.3 is 0 Å². The predicted molar refractivity (Wildman–Crippen MR) is 89.4 cm³/mol. The van der Waals surface area contributed by atoms with Crippen molar-refractivity contribution in [3.05, 3.63) is 35.6 Å². The maximum Gasteiger partial charge on any atom is 0.237 e. The monoisotopic (exact) mass is 328 g/mol. The van der Waals surface area contributed by atoms with Crippen LogP contribution in [0.4, 0.5) is 4.39 Å². The van der Waals surface area contributed by atoms with Crippen LogP contribution in [0.15, 0.2) is 24.3 Å². The van der Waals surface area contributed by atoms with E-state index in [0.29, 0.717) is 17.9 Å². The molecule has 1 aromatic carbocycles. The highest BCUT2D eigenvalue weighted by Crippen LogP contribution is 2.36. The number of carbonyl (C=O) groups excluding carboxylic acids is 1. The van der Waals surface area contributed by atoms with E-state index in [9.17, 15) is 9.18 Å². The Bertz CT molecular complexity index is 477. The number of benzene rings is 1. The first-order chi connectivity index (χ1) is 10.1. The summed E-state index contributed by atoms with van der Waals surface area (Å²) in [6.07, 6.45) is 5.87. The minimum absolute atomic E-state index is 0. The van der Waals surface area contributed by atoms with Gasteiger partial charge in [-0.1, -0.05) is 44.4 Å². The number of hydrogen-bond acceptors (Lipinski definition) is 2. The minimum atomic E-state index is -0.509. The number of nitrogens with one attached hydrogen (secondary N) is 1. The van der Waals surface area contributed by atoms with Gasteiger partial charge in [0.25, 0.3) is 0 Å². The van der Waals surface area contributed by atoms with Crippen molar-refractivity contribution in [3.63, 3.8) is 0 Å². The topological polar surface area (TPSA) is 55.1 Å². The number of carbonyl (C=O) groups is 1. The molecule has 0 aliphatic heterocycles. The third-order valence-corrected chi connectivity index (χ3v) is 4.35. The van der Waals surface area contributed by atoms with Crippen molar-refractivity contribution in [3.8, 4) is 0 Å². The summed E-state index contributed by atoms with van der Waals surface area (Å²) in [4.78, 5) is 12.2. The van der Waals surface area contributed by atoms with E-state index in [2.05, 4.69) is 5.32 Å². The lowest BCUT2D eigenvalue weighted by atomic mass is 9.91. The first-order valence-corrected chi connectivity index (χ1v) is 7.94. The fourth-order valence-electron chi connectivity index (χ4n) is 3.17. The van der Waals surface area contributed by atoms with E-state index in [0.717, 1.165) is 32.1 Å². The van der Waals surface area contributed by atoms with Crippen molar-refractivity contribution < 1.29 is 9.18 Å². The molecular weight excluding hydrogens is 303 g/mol. The summed E-state index contributed by atoms with van der Waals surface area (Å²) < 4.78 is 14.1. The molecule has 0 aromatic heterocycles. The van der Waals surface area contributed by atoms with Crippen LogP contribution in [-0.4, -0.2) is 11.9 Å². The SMILES string of the molecule is CCCC(N)C(=O)NC(c1ccccc1F)C1CCCC1.Cl. The summed E-state index contributed by atoms with van der Waals surface area (Å²) in [6.45, 7) is 2.00. The van der Waals surface area contributed by atoms with Crippen LogP contribution in [0, 0.1) is 11.7 Å². The summed E-state index contributed by atoms with van der Waals surface area (Å²) in [6, 6.07) is 5.95. The van der Waals surface area contributed by atoms with Crippen molar-refractivity contribution in [2.24, 2.45) is 11.7 Å². The molecule has 22 heavy (non-hydrogen) atoms. The Morgan fingerprint density at radius 2 is 2.00 bits per heavy atom. The molecule has 3 N–H and O–H groups in total. The normalized spacial score (nSPS) is 17.6. The van der Waals surface area contributed by atoms with E-state index in [4.69, 9.17) is 5.73 Å². The van der Waals surface area contributed by atoms with Gasteiger partial charge in [0, 0.05) is 5.56 Å². The predicted octanol–water partition coefficient (Wildman–Crippen LogP) is 3.72. The third-order valence-electron chi connectivity index (χ3n) is 4.35. The average Bonchev–Trinajstić information content (AvgIpc) is 2.99. The number of halogens is 2. The lowest BCUT2D eigenvalue weighted by molar-refractivity contribution is -0.123. The zero-order chi connectivity index (χ0) is 15.2. The van der Waals surface area contributed by atoms with Gasteiger partial charge in [-0.2, -0.15) is 0 Å². The molecule has 0 bridgehead atoms. The number of hydrogen-bond donors (Lipinski definition) is 2. The van der Waals surface area contributed by atoms with Gasteiger partial charge in [-0.3, -0.25) is 4.79 Å². The second-order valence-corrected chi connectivity index (χ2v) is 5.95. The third kappa shape index (κ3) is 4.68. The Hall–Kier alpha value is -1.13. The van der Waals surface area contributed by atoms with Gasteiger partial charge in [-0.25, -0.2) is 4.39 Å². The Morgan fingerprint density at radius 1 is 1.36 bits per heavy atom. The molecule has 1 aliphatic carbocycles. The van der Waals surface area contributed by atoms with Gasteiger partial charge in [-0.05, 0) is 31.2 Å². The lowest BCUT2D eigenvalue weighted by Crippen LogP contribution is -2.44. The lowest BCUT2D eigenvalue weighted by Gasteiger charge is -2.27. The number of amides is 1. The van der Waals surface area contributed by atoms with E-state index >= 15 is 0 Å². The van der Waals surface area contributed by atoms with E-state index < -0.39 is 6.04 Å². The van der Waals surface area contributed by atoms with Gasteiger partial charge in [0.1, 0.15) is 5.82 Å². The largest absolute Gasteiger partial charge is 0.348 e. The molecule has 124 valence electrons. The van der Waals surface area contributed by atoms with Crippen LogP contribution in [0.2, 0.25) is 0 Å². The molecule has 0 heterocycles. The fraction of sp³-hybridized carbons (Fsp3) is 0.588. The molecule has 0 spiro atoms. The first kappa shape index (κ1) is 18.9. The molecule has 0 saturated heterocycles. The van der Waals surface area contributed by atoms with Crippen LogP contribution >= 0.6 is 12.4 Å². The Morgan fingerprint density at radius 3 is 2.59 bits per heavy atom. The molecule has 0 radical (unpaired) electrons. The van der Waals surface area contributed by atoms with E-state index in [1.807, 2.05) is 13.0 Å². The van der Waals surface area contributed by atoms with Crippen molar-refractivity contribution in [2.75, 3.05) is 0 Å². The Kier molecular flexibility index (Phi) is 7.83. The van der Waals surface area contributed by atoms with Crippen LogP contribution < -0.4 is 11.1 Å². The van der Waals surface area contributed by atoms with Gasteiger partial charge in [0.15, 0.2) is 0 Å². The molecule has 2 unspecified atom stereocenters. The van der Waals surface area contributed by atoms with Gasteiger partial charge in [0.2, 0.25) is 5.91 Å². The van der Waals surface area contributed by atoms with Crippen molar-refractivity contribution in [2.45, 2.75) is 57.5 Å². The summed E-state index contributed by atoms with van der Waals surface area (Å²) in [7, 11) is 0.